The summed E-state index contributed by atoms with van der Waals surface area (Å²) in [7, 11) is 0. The molecule has 5 nitrogen and oxygen atoms in total. The molecule has 5 heteroatoms. The van der Waals surface area contributed by atoms with Crippen molar-refractivity contribution in [3.63, 3.8) is 0 Å². The molecule has 2 aromatic carbocycles. The van der Waals surface area contributed by atoms with E-state index < -0.39 is 0 Å². The Balaban J connectivity index is 1.74. The van der Waals surface area contributed by atoms with Gasteiger partial charge in [-0.2, -0.15) is 0 Å². The smallest absolute Gasteiger partial charge is 0.231 e. The van der Waals surface area contributed by atoms with Gasteiger partial charge in [-0.15, -0.1) is 0 Å². The first-order valence-corrected chi connectivity index (χ1v) is 7.03. The molecule has 0 atom stereocenters. The molecular weight excluding hydrogens is 284 g/mol. The van der Waals surface area contributed by atoms with Crippen molar-refractivity contribution in [3.05, 3.63) is 47.5 Å². The number of rotatable bonds is 6. The van der Waals surface area contributed by atoms with Gasteiger partial charge in [0.2, 0.25) is 6.79 Å². The normalized spacial score (nSPS) is 12.0. The van der Waals surface area contributed by atoms with Crippen molar-refractivity contribution in [1.82, 2.24) is 0 Å². The van der Waals surface area contributed by atoms with Gasteiger partial charge in [0.25, 0.3) is 0 Å². The molecule has 0 amide bonds. The zero-order chi connectivity index (χ0) is 15.4. The molecule has 0 radical (unpaired) electrons. The van der Waals surface area contributed by atoms with Crippen molar-refractivity contribution >= 4 is 6.29 Å². The summed E-state index contributed by atoms with van der Waals surface area (Å²) in [6.45, 7) is 3.01. The molecule has 0 spiro atoms. The molecular formula is C17H16O5. The van der Waals surface area contributed by atoms with E-state index in [-0.39, 0.29) is 6.79 Å². The summed E-state index contributed by atoms with van der Waals surface area (Å²) in [5.74, 6) is 2.63. The van der Waals surface area contributed by atoms with Crippen LogP contribution in [0.25, 0.3) is 0 Å². The van der Waals surface area contributed by atoms with Crippen LogP contribution in [0.15, 0.2) is 36.4 Å². The molecule has 22 heavy (non-hydrogen) atoms. The van der Waals surface area contributed by atoms with E-state index in [1.54, 1.807) is 18.2 Å². The van der Waals surface area contributed by atoms with Crippen LogP contribution in [0.1, 0.15) is 22.8 Å². The standard InChI is InChI=1S/C17H16O5/c1-2-19-16-7-12(9-18)3-5-14(16)20-10-13-4-6-15-17(8-13)22-11-21-15/h3-9H,2,10-11H2,1H3. The Kier molecular flexibility index (Phi) is 4.14. The molecule has 1 heterocycles. The van der Waals surface area contributed by atoms with Gasteiger partial charge in [-0.3, -0.25) is 4.79 Å². The third-order valence-electron chi connectivity index (χ3n) is 3.24. The first-order chi connectivity index (χ1) is 10.8. The van der Waals surface area contributed by atoms with E-state index in [0.717, 1.165) is 23.3 Å². The van der Waals surface area contributed by atoms with Crippen LogP contribution < -0.4 is 18.9 Å². The highest BCUT2D eigenvalue weighted by molar-refractivity contribution is 5.76. The summed E-state index contributed by atoms with van der Waals surface area (Å²) in [4.78, 5) is 10.8. The molecule has 0 N–H and O–H groups in total. The van der Waals surface area contributed by atoms with E-state index in [4.69, 9.17) is 18.9 Å². The molecule has 1 aliphatic heterocycles. The van der Waals surface area contributed by atoms with Crippen LogP contribution >= 0.6 is 0 Å². The Morgan fingerprint density at radius 1 is 1.05 bits per heavy atom. The second-order valence-corrected chi connectivity index (χ2v) is 4.73. The predicted octanol–water partition coefficient (Wildman–Crippen LogP) is 3.21. The van der Waals surface area contributed by atoms with Crippen molar-refractivity contribution in [2.24, 2.45) is 0 Å². The maximum Gasteiger partial charge on any atom is 0.231 e. The van der Waals surface area contributed by atoms with E-state index in [9.17, 15) is 4.79 Å². The average Bonchev–Trinajstić information content (AvgIpc) is 3.01. The summed E-state index contributed by atoms with van der Waals surface area (Å²) in [5.41, 5.74) is 1.52. The lowest BCUT2D eigenvalue weighted by Crippen LogP contribution is -2.00. The minimum Gasteiger partial charge on any atom is -0.490 e. The molecule has 0 unspecified atom stereocenters. The number of hydrogen-bond donors (Lipinski definition) is 0. The number of carbonyl (C=O) groups is 1. The third kappa shape index (κ3) is 2.98. The molecule has 0 saturated heterocycles. The number of benzene rings is 2. The fourth-order valence-corrected chi connectivity index (χ4v) is 2.18. The SMILES string of the molecule is CCOc1cc(C=O)ccc1OCc1ccc2c(c1)OCO2. The summed E-state index contributed by atoms with van der Waals surface area (Å²) in [6, 6.07) is 10.8. The predicted molar refractivity (Wildman–Crippen MR) is 79.9 cm³/mol. The van der Waals surface area contributed by atoms with Crippen molar-refractivity contribution in [1.29, 1.82) is 0 Å². The van der Waals surface area contributed by atoms with Gasteiger partial charge in [-0.1, -0.05) is 6.07 Å². The molecule has 1 aliphatic rings. The first kappa shape index (κ1) is 14.3. The topological polar surface area (TPSA) is 54.0 Å². The van der Waals surface area contributed by atoms with E-state index in [1.165, 1.54) is 0 Å². The molecule has 0 fully saturated rings. The van der Waals surface area contributed by atoms with Crippen LogP contribution in [0, 0.1) is 0 Å². The zero-order valence-corrected chi connectivity index (χ0v) is 12.2. The summed E-state index contributed by atoms with van der Waals surface area (Å²) in [6.07, 6.45) is 0.782. The van der Waals surface area contributed by atoms with Gasteiger partial charge < -0.3 is 18.9 Å². The van der Waals surface area contributed by atoms with Gasteiger partial charge in [0.1, 0.15) is 12.9 Å². The highest BCUT2D eigenvalue weighted by atomic mass is 16.7. The maximum absolute atomic E-state index is 10.8. The third-order valence-corrected chi connectivity index (χ3v) is 3.24. The largest absolute Gasteiger partial charge is 0.490 e. The van der Waals surface area contributed by atoms with Gasteiger partial charge >= 0.3 is 0 Å². The second kappa shape index (κ2) is 6.39. The fraction of sp³-hybridized carbons (Fsp3) is 0.235. The molecule has 0 aromatic heterocycles. The molecule has 2 aromatic rings. The van der Waals surface area contributed by atoms with Crippen molar-refractivity contribution < 1.29 is 23.7 Å². The Labute approximate surface area is 128 Å². The number of carbonyl (C=O) groups excluding carboxylic acids is 1. The molecule has 0 bridgehead atoms. The van der Waals surface area contributed by atoms with E-state index >= 15 is 0 Å². The number of ether oxygens (including phenoxy) is 4. The lowest BCUT2D eigenvalue weighted by Gasteiger charge is -2.12. The van der Waals surface area contributed by atoms with E-state index in [2.05, 4.69) is 0 Å². The molecule has 114 valence electrons. The van der Waals surface area contributed by atoms with Crippen molar-refractivity contribution in [3.8, 4) is 23.0 Å². The van der Waals surface area contributed by atoms with Gasteiger partial charge in [-0.25, -0.2) is 0 Å². The van der Waals surface area contributed by atoms with Crippen LogP contribution in [0.2, 0.25) is 0 Å². The second-order valence-electron chi connectivity index (χ2n) is 4.73. The van der Waals surface area contributed by atoms with Crippen molar-refractivity contribution in [2.75, 3.05) is 13.4 Å². The Hall–Kier alpha value is -2.69. The monoisotopic (exact) mass is 300 g/mol. The molecule has 3 rings (SSSR count). The van der Waals surface area contributed by atoms with Gasteiger partial charge in [0, 0.05) is 5.56 Å². The minimum atomic E-state index is 0.251. The van der Waals surface area contributed by atoms with Gasteiger partial charge in [0.05, 0.1) is 6.61 Å². The van der Waals surface area contributed by atoms with E-state index in [0.29, 0.717) is 30.3 Å². The lowest BCUT2D eigenvalue weighted by molar-refractivity contribution is 0.112. The molecule has 0 aliphatic carbocycles. The lowest BCUT2D eigenvalue weighted by atomic mass is 10.2. The Bertz CT molecular complexity index is 681. The maximum atomic E-state index is 10.8. The van der Waals surface area contributed by atoms with E-state index in [1.807, 2.05) is 25.1 Å². The summed E-state index contributed by atoms with van der Waals surface area (Å²) < 4.78 is 21.9. The van der Waals surface area contributed by atoms with Crippen LogP contribution in [-0.4, -0.2) is 19.7 Å². The number of fused-ring (bicyclic) bond motifs is 1. The van der Waals surface area contributed by atoms with Crippen LogP contribution in [-0.2, 0) is 6.61 Å². The first-order valence-electron chi connectivity index (χ1n) is 7.03. The van der Waals surface area contributed by atoms with Crippen LogP contribution in [0.3, 0.4) is 0 Å². The average molecular weight is 300 g/mol. The van der Waals surface area contributed by atoms with Gasteiger partial charge in [-0.05, 0) is 42.8 Å². The highest BCUT2D eigenvalue weighted by Crippen LogP contribution is 2.33. The summed E-state index contributed by atoms with van der Waals surface area (Å²) >= 11 is 0. The number of aldehydes is 1. The fourth-order valence-electron chi connectivity index (χ4n) is 2.18. The number of hydrogen-bond acceptors (Lipinski definition) is 5. The van der Waals surface area contributed by atoms with Crippen molar-refractivity contribution in [2.45, 2.75) is 13.5 Å². The highest BCUT2D eigenvalue weighted by Gasteiger charge is 2.14. The molecule has 0 saturated carbocycles. The van der Waals surface area contributed by atoms with Crippen LogP contribution in [0.4, 0.5) is 0 Å². The van der Waals surface area contributed by atoms with Crippen LogP contribution in [0.5, 0.6) is 23.0 Å². The quantitative estimate of drug-likeness (QED) is 0.767. The van der Waals surface area contributed by atoms with Gasteiger partial charge in [0.15, 0.2) is 23.0 Å². The Morgan fingerprint density at radius 2 is 1.91 bits per heavy atom. The Morgan fingerprint density at radius 3 is 2.73 bits per heavy atom. The zero-order valence-electron chi connectivity index (χ0n) is 12.2. The summed E-state index contributed by atoms with van der Waals surface area (Å²) in [5, 5.41) is 0. The minimum absolute atomic E-state index is 0.251.